The molecule has 0 spiro atoms. The molecule has 0 aliphatic carbocycles. The summed E-state index contributed by atoms with van der Waals surface area (Å²) in [6.45, 7) is 6.30. The first kappa shape index (κ1) is 25.5. The Bertz CT molecular complexity index is 637. The van der Waals surface area contributed by atoms with Crippen LogP contribution in [0.1, 0.15) is 18.9 Å². The minimum Gasteiger partial charge on any atom is -0.497 e. The summed E-state index contributed by atoms with van der Waals surface area (Å²) in [7, 11) is 5.17. The zero-order chi connectivity index (χ0) is 20.4. The monoisotopic (exact) mass is 518 g/mol. The van der Waals surface area contributed by atoms with Gasteiger partial charge in [-0.05, 0) is 37.5 Å². The van der Waals surface area contributed by atoms with E-state index in [2.05, 4.69) is 27.3 Å². The molecule has 1 amide bonds. The van der Waals surface area contributed by atoms with Crippen LogP contribution >= 0.6 is 24.0 Å². The molecule has 0 aromatic heterocycles. The molecule has 1 aliphatic heterocycles. The normalized spacial score (nSPS) is 16.3. The van der Waals surface area contributed by atoms with Crippen LogP contribution in [0.15, 0.2) is 29.3 Å². The Hall–Kier alpha value is -1.55. The van der Waals surface area contributed by atoms with Gasteiger partial charge in [0.15, 0.2) is 5.96 Å². The summed E-state index contributed by atoms with van der Waals surface area (Å²) >= 11 is 0. The lowest BCUT2D eigenvalue weighted by molar-refractivity contribution is -0.127. The highest BCUT2D eigenvalue weighted by molar-refractivity contribution is 14.0. The molecule has 0 saturated carbocycles. The Morgan fingerprint density at radius 2 is 2.03 bits per heavy atom. The van der Waals surface area contributed by atoms with Crippen molar-refractivity contribution in [2.45, 2.75) is 19.8 Å². The number of rotatable bonds is 9. The Morgan fingerprint density at radius 3 is 2.66 bits per heavy atom. The topological polar surface area (TPSA) is 66.4 Å². The lowest BCUT2D eigenvalue weighted by Gasteiger charge is -2.22. The molecule has 1 heterocycles. The summed E-state index contributed by atoms with van der Waals surface area (Å²) in [5, 5.41) is 3.44. The van der Waals surface area contributed by atoms with Gasteiger partial charge in [0.1, 0.15) is 12.3 Å². The molecule has 7 nitrogen and oxygen atoms in total. The fourth-order valence-corrected chi connectivity index (χ4v) is 3.11. The van der Waals surface area contributed by atoms with Gasteiger partial charge < -0.3 is 24.6 Å². The standard InChI is InChI=1S/C21H34N4O3.HI/c1-5-28-16-18-11-13-25(15-18)21(23-14-20(26)24(2)3)22-12-10-17-6-8-19(27-4)9-7-17;/h6-9,18H,5,10-16H2,1-4H3,(H,22,23);1H. The van der Waals surface area contributed by atoms with Crippen molar-refractivity contribution < 1.29 is 14.3 Å². The molecule has 1 aromatic rings. The number of nitrogens with zero attached hydrogens (tertiary/aromatic N) is 3. The number of aliphatic imine (C=N–C) groups is 1. The average Bonchev–Trinajstić information content (AvgIpc) is 3.17. The number of carbonyl (C=O) groups excluding carboxylic acids is 1. The Morgan fingerprint density at radius 1 is 1.31 bits per heavy atom. The van der Waals surface area contributed by atoms with Crippen molar-refractivity contribution >= 4 is 35.8 Å². The summed E-state index contributed by atoms with van der Waals surface area (Å²) in [6.07, 6.45) is 1.96. The minimum absolute atomic E-state index is 0. The van der Waals surface area contributed by atoms with E-state index in [0.717, 1.165) is 57.4 Å². The van der Waals surface area contributed by atoms with Gasteiger partial charge in [0.05, 0.1) is 13.7 Å². The summed E-state index contributed by atoms with van der Waals surface area (Å²) < 4.78 is 10.8. The predicted octanol–water partition coefficient (Wildman–Crippen LogP) is 2.25. The van der Waals surface area contributed by atoms with E-state index < -0.39 is 0 Å². The van der Waals surface area contributed by atoms with Gasteiger partial charge >= 0.3 is 0 Å². The average molecular weight is 518 g/mol. The van der Waals surface area contributed by atoms with Crippen molar-refractivity contribution in [2.24, 2.45) is 10.9 Å². The van der Waals surface area contributed by atoms with E-state index in [0.29, 0.717) is 5.92 Å². The number of methoxy groups -OCH3 is 1. The smallest absolute Gasteiger partial charge is 0.243 e. The van der Waals surface area contributed by atoms with Gasteiger partial charge in [-0.1, -0.05) is 12.1 Å². The van der Waals surface area contributed by atoms with Crippen LogP contribution in [0.5, 0.6) is 5.75 Å². The van der Waals surface area contributed by atoms with E-state index in [1.807, 2.05) is 19.1 Å². The summed E-state index contributed by atoms with van der Waals surface area (Å²) in [6, 6.07) is 8.08. The number of amides is 1. The molecule has 1 aliphatic rings. The van der Waals surface area contributed by atoms with Crippen LogP contribution < -0.4 is 10.1 Å². The van der Waals surface area contributed by atoms with Crippen molar-refractivity contribution in [3.05, 3.63) is 29.8 Å². The maximum atomic E-state index is 12.0. The van der Waals surface area contributed by atoms with Gasteiger partial charge in [0.2, 0.25) is 5.91 Å². The van der Waals surface area contributed by atoms with Gasteiger partial charge in [0.25, 0.3) is 0 Å². The van der Waals surface area contributed by atoms with E-state index in [1.54, 1.807) is 26.1 Å². The van der Waals surface area contributed by atoms with E-state index in [1.165, 1.54) is 5.56 Å². The molecular formula is C21H35IN4O3. The number of halogens is 1. The molecule has 1 unspecified atom stereocenters. The van der Waals surface area contributed by atoms with Crippen LogP contribution in [-0.4, -0.2) is 82.3 Å². The van der Waals surface area contributed by atoms with Gasteiger partial charge in [-0.2, -0.15) is 0 Å². The largest absolute Gasteiger partial charge is 0.497 e. The van der Waals surface area contributed by atoms with Crippen molar-refractivity contribution in [2.75, 3.05) is 60.6 Å². The summed E-state index contributed by atoms with van der Waals surface area (Å²) in [4.78, 5) is 20.4. The number of hydrogen-bond acceptors (Lipinski definition) is 4. The maximum Gasteiger partial charge on any atom is 0.243 e. The second kappa shape index (κ2) is 13.6. The van der Waals surface area contributed by atoms with E-state index in [9.17, 15) is 4.79 Å². The van der Waals surface area contributed by atoms with Crippen molar-refractivity contribution in [1.29, 1.82) is 0 Å². The maximum absolute atomic E-state index is 12.0. The molecule has 1 fully saturated rings. The van der Waals surface area contributed by atoms with Crippen LogP contribution in [0.2, 0.25) is 0 Å². The molecule has 1 atom stereocenters. The first-order valence-corrected chi connectivity index (χ1v) is 9.97. The number of benzene rings is 1. The molecule has 8 heteroatoms. The molecule has 1 N–H and O–H groups in total. The molecule has 1 aromatic carbocycles. The Balaban J connectivity index is 0.00000420. The number of carbonyl (C=O) groups is 1. The van der Waals surface area contributed by atoms with Gasteiger partial charge in [-0.15, -0.1) is 24.0 Å². The van der Waals surface area contributed by atoms with E-state index in [-0.39, 0.29) is 36.4 Å². The van der Waals surface area contributed by atoms with E-state index in [4.69, 9.17) is 9.47 Å². The Kier molecular flexibility index (Phi) is 12.0. The minimum atomic E-state index is -0.000447. The molecule has 0 bridgehead atoms. The van der Waals surface area contributed by atoms with Crippen molar-refractivity contribution in [3.63, 3.8) is 0 Å². The van der Waals surface area contributed by atoms with Crippen LogP contribution in [0.25, 0.3) is 0 Å². The number of hydrogen-bond donors (Lipinski definition) is 1. The first-order chi connectivity index (χ1) is 13.5. The first-order valence-electron chi connectivity index (χ1n) is 9.97. The highest BCUT2D eigenvalue weighted by Gasteiger charge is 2.25. The van der Waals surface area contributed by atoms with Crippen LogP contribution in [0, 0.1) is 5.92 Å². The zero-order valence-electron chi connectivity index (χ0n) is 18.0. The van der Waals surface area contributed by atoms with Gasteiger partial charge in [0, 0.05) is 46.3 Å². The van der Waals surface area contributed by atoms with Crippen LogP contribution in [0.4, 0.5) is 0 Å². The zero-order valence-corrected chi connectivity index (χ0v) is 20.3. The van der Waals surface area contributed by atoms with Crippen LogP contribution in [0.3, 0.4) is 0 Å². The van der Waals surface area contributed by atoms with Crippen molar-refractivity contribution in [3.8, 4) is 5.75 Å². The fourth-order valence-electron chi connectivity index (χ4n) is 3.11. The number of likely N-dealkylation sites (N-methyl/N-ethyl adjacent to an activating group) is 1. The molecule has 164 valence electrons. The predicted molar refractivity (Wildman–Crippen MR) is 127 cm³/mol. The van der Waals surface area contributed by atoms with Crippen molar-refractivity contribution in [1.82, 2.24) is 15.1 Å². The summed E-state index contributed by atoms with van der Waals surface area (Å²) in [5.41, 5.74) is 1.23. The van der Waals surface area contributed by atoms with E-state index >= 15 is 0 Å². The highest BCUT2D eigenvalue weighted by Crippen LogP contribution is 2.17. The lowest BCUT2D eigenvalue weighted by Crippen LogP contribution is -2.42. The number of guanidine groups is 1. The molecular weight excluding hydrogens is 483 g/mol. The van der Waals surface area contributed by atoms with Gasteiger partial charge in [-0.3, -0.25) is 4.79 Å². The fraction of sp³-hybridized carbons (Fsp3) is 0.619. The second-order valence-corrected chi connectivity index (χ2v) is 7.21. The Labute approximate surface area is 191 Å². The highest BCUT2D eigenvalue weighted by atomic mass is 127. The third-order valence-electron chi connectivity index (χ3n) is 4.86. The molecule has 0 radical (unpaired) electrons. The number of ether oxygens (including phenoxy) is 2. The number of nitrogens with one attached hydrogen (secondary N) is 1. The SMILES string of the molecule is CCOCC1CCN(C(=NCC(=O)N(C)C)NCCc2ccc(OC)cc2)C1.I. The van der Waals surface area contributed by atoms with Crippen LogP contribution in [-0.2, 0) is 16.0 Å². The van der Waals surface area contributed by atoms with Gasteiger partial charge in [-0.25, -0.2) is 4.99 Å². The number of likely N-dealkylation sites (tertiary alicyclic amines) is 1. The lowest BCUT2D eigenvalue weighted by atomic mass is 10.1. The molecule has 1 saturated heterocycles. The molecule has 29 heavy (non-hydrogen) atoms. The second-order valence-electron chi connectivity index (χ2n) is 7.21. The quantitative estimate of drug-likeness (QED) is 0.309. The summed E-state index contributed by atoms with van der Waals surface area (Å²) in [5.74, 6) is 2.18. The third-order valence-corrected chi connectivity index (χ3v) is 4.86. The third kappa shape index (κ3) is 8.77. The molecule has 2 rings (SSSR count).